The van der Waals surface area contributed by atoms with E-state index in [2.05, 4.69) is 16.7 Å². The third-order valence-corrected chi connectivity index (χ3v) is 4.00. The molecule has 0 saturated heterocycles. The van der Waals surface area contributed by atoms with E-state index in [1.54, 1.807) is 31.2 Å². The van der Waals surface area contributed by atoms with E-state index < -0.39 is 18.0 Å². The van der Waals surface area contributed by atoms with E-state index in [0.29, 0.717) is 28.0 Å². The zero-order valence-corrected chi connectivity index (χ0v) is 14.2. The Balaban J connectivity index is 2.15. The molecule has 0 spiro atoms. The lowest BCUT2D eigenvalue weighted by Gasteiger charge is -2.29. The van der Waals surface area contributed by atoms with Crippen LogP contribution in [0, 0.1) is 11.3 Å². The Morgan fingerprint density at radius 3 is 2.46 bits per heavy atom. The Kier molecular flexibility index (Phi) is 4.99. The lowest BCUT2D eigenvalue weighted by molar-refractivity contribution is -0.138. The third-order valence-electron chi connectivity index (χ3n) is 4.00. The highest BCUT2D eigenvalue weighted by atomic mass is 16.5. The Labute approximate surface area is 151 Å². The predicted molar refractivity (Wildman–Crippen MR) is 95.6 cm³/mol. The molecule has 0 fully saturated rings. The number of carbonyl (C=O) groups is 2. The summed E-state index contributed by atoms with van der Waals surface area (Å²) < 4.78 is 5.22. The van der Waals surface area contributed by atoms with Crippen LogP contribution in [0.2, 0.25) is 0 Å². The van der Waals surface area contributed by atoms with Crippen LogP contribution in [0.25, 0.3) is 5.70 Å². The number of esters is 1. The first-order chi connectivity index (χ1) is 12.6. The minimum atomic E-state index is -0.675. The van der Waals surface area contributed by atoms with Crippen LogP contribution in [0.3, 0.4) is 0 Å². The summed E-state index contributed by atoms with van der Waals surface area (Å²) in [6, 6.07) is 16.8. The molecule has 1 aliphatic heterocycles. The monoisotopic (exact) mass is 347 g/mol. The number of amides is 2. The summed E-state index contributed by atoms with van der Waals surface area (Å²) in [5.74, 6) is -0.506. The second-order valence-corrected chi connectivity index (χ2v) is 5.64. The SMILES string of the molecule is CCOC(=O)C1=C(c2ccccc2)NC(=O)N[C@H]1c1ccc(C#N)cc1. The molecule has 0 aliphatic carbocycles. The molecule has 2 N–H and O–H groups in total. The van der Waals surface area contributed by atoms with Crippen molar-refractivity contribution in [1.82, 2.24) is 10.6 Å². The molecular weight excluding hydrogens is 330 g/mol. The van der Waals surface area contributed by atoms with Crippen LogP contribution in [0.15, 0.2) is 60.2 Å². The van der Waals surface area contributed by atoms with Crippen molar-refractivity contribution in [3.63, 3.8) is 0 Å². The number of carbonyl (C=O) groups excluding carboxylic acids is 2. The first-order valence-electron chi connectivity index (χ1n) is 8.18. The number of rotatable bonds is 4. The molecule has 1 atom stereocenters. The number of hydrogen-bond donors (Lipinski definition) is 2. The van der Waals surface area contributed by atoms with E-state index in [-0.39, 0.29) is 6.61 Å². The summed E-state index contributed by atoms with van der Waals surface area (Å²) in [7, 11) is 0. The van der Waals surface area contributed by atoms with Gasteiger partial charge in [-0.1, -0.05) is 42.5 Å². The summed E-state index contributed by atoms with van der Waals surface area (Å²) in [6.07, 6.45) is 0. The Morgan fingerprint density at radius 1 is 1.15 bits per heavy atom. The van der Waals surface area contributed by atoms with Crippen molar-refractivity contribution in [2.75, 3.05) is 6.61 Å². The van der Waals surface area contributed by atoms with Gasteiger partial charge in [0.1, 0.15) is 0 Å². The van der Waals surface area contributed by atoms with Crippen molar-refractivity contribution in [3.8, 4) is 6.07 Å². The van der Waals surface area contributed by atoms with E-state index in [4.69, 9.17) is 10.00 Å². The normalized spacial score (nSPS) is 16.3. The van der Waals surface area contributed by atoms with Crippen LogP contribution in [0.1, 0.15) is 29.7 Å². The molecular formula is C20H17N3O3. The van der Waals surface area contributed by atoms with E-state index in [1.165, 1.54) is 0 Å². The first-order valence-corrected chi connectivity index (χ1v) is 8.18. The van der Waals surface area contributed by atoms with Crippen molar-refractivity contribution in [2.45, 2.75) is 13.0 Å². The molecule has 0 aromatic heterocycles. The molecule has 26 heavy (non-hydrogen) atoms. The molecule has 130 valence electrons. The smallest absolute Gasteiger partial charge is 0.338 e. The van der Waals surface area contributed by atoms with Crippen molar-refractivity contribution < 1.29 is 14.3 Å². The van der Waals surface area contributed by atoms with Gasteiger partial charge in [0.25, 0.3) is 0 Å². The zero-order valence-electron chi connectivity index (χ0n) is 14.2. The van der Waals surface area contributed by atoms with Gasteiger partial charge in [0.05, 0.1) is 35.6 Å². The number of urea groups is 1. The number of ether oxygens (including phenoxy) is 1. The predicted octanol–water partition coefficient (Wildman–Crippen LogP) is 2.89. The fourth-order valence-corrected chi connectivity index (χ4v) is 2.83. The van der Waals surface area contributed by atoms with Gasteiger partial charge in [0.2, 0.25) is 0 Å². The number of nitrogens with zero attached hydrogens (tertiary/aromatic N) is 1. The van der Waals surface area contributed by atoms with E-state index in [9.17, 15) is 9.59 Å². The van der Waals surface area contributed by atoms with Crippen LogP contribution in [0.5, 0.6) is 0 Å². The van der Waals surface area contributed by atoms with Crippen molar-refractivity contribution in [1.29, 1.82) is 5.26 Å². The summed E-state index contributed by atoms with van der Waals surface area (Å²) in [6.45, 7) is 1.95. The molecule has 2 aromatic rings. The molecule has 0 bridgehead atoms. The van der Waals surface area contributed by atoms with E-state index >= 15 is 0 Å². The number of nitrogens with one attached hydrogen (secondary N) is 2. The maximum atomic E-state index is 12.7. The highest BCUT2D eigenvalue weighted by Gasteiger charge is 2.34. The van der Waals surface area contributed by atoms with Crippen LogP contribution >= 0.6 is 0 Å². The quantitative estimate of drug-likeness (QED) is 0.832. The minimum absolute atomic E-state index is 0.221. The summed E-state index contributed by atoms with van der Waals surface area (Å²) in [4.78, 5) is 24.9. The maximum Gasteiger partial charge on any atom is 0.338 e. The fraction of sp³-hybridized carbons (Fsp3) is 0.150. The van der Waals surface area contributed by atoms with Gasteiger partial charge in [-0.15, -0.1) is 0 Å². The zero-order chi connectivity index (χ0) is 18.5. The van der Waals surface area contributed by atoms with E-state index in [1.807, 2.05) is 30.3 Å². The summed E-state index contributed by atoms with van der Waals surface area (Å²) in [5, 5.41) is 14.5. The van der Waals surface area contributed by atoms with Gasteiger partial charge in [-0.2, -0.15) is 5.26 Å². The molecule has 6 heteroatoms. The van der Waals surface area contributed by atoms with E-state index in [0.717, 1.165) is 0 Å². The Bertz CT molecular complexity index is 896. The van der Waals surface area contributed by atoms with Crippen molar-refractivity contribution >= 4 is 17.7 Å². The maximum absolute atomic E-state index is 12.7. The number of nitriles is 1. The standard InChI is InChI=1S/C20H17N3O3/c1-2-26-19(24)16-17(14-6-4-3-5-7-14)22-20(25)23-18(16)15-10-8-13(12-21)9-11-15/h3-11,18H,2H2,1H3,(H2,22,23,25)/t18-/m0/s1. The Hall–Kier alpha value is -3.59. The van der Waals surface area contributed by atoms with Crippen LogP contribution in [0.4, 0.5) is 4.79 Å². The summed E-state index contributed by atoms with van der Waals surface area (Å²) >= 11 is 0. The largest absolute Gasteiger partial charge is 0.463 e. The van der Waals surface area contributed by atoms with Gasteiger partial charge in [-0.25, -0.2) is 9.59 Å². The van der Waals surface area contributed by atoms with Crippen LogP contribution in [-0.2, 0) is 9.53 Å². The number of hydrogen-bond acceptors (Lipinski definition) is 4. The molecule has 1 aliphatic rings. The van der Waals surface area contributed by atoms with Gasteiger partial charge >= 0.3 is 12.0 Å². The second kappa shape index (κ2) is 7.53. The van der Waals surface area contributed by atoms with Crippen LogP contribution < -0.4 is 10.6 Å². The van der Waals surface area contributed by atoms with Gasteiger partial charge in [0.15, 0.2) is 0 Å². The van der Waals surface area contributed by atoms with Crippen molar-refractivity contribution in [2.24, 2.45) is 0 Å². The van der Waals surface area contributed by atoms with Gasteiger partial charge in [-0.05, 0) is 30.2 Å². The molecule has 2 aromatic carbocycles. The molecule has 0 unspecified atom stereocenters. The first kappa shape index (κ1) is 17.2. The lowest BCUT2D eigenvalue weighted by atomic mass is 9.92. The summed E-state index contributed by atoms with van der Waals surface area (Å²) in [5.41, 5.74) is 2.64. The lowest BCUT2D eigenvalue weighted by Crippen LogP contribution is -2.45. The molecule has 1 heterocycles. The van der Waals surface area contributed by atoms with Gasteiger partial charge in [0, 0.05) is 0 Å². The topological polar surface area (TPSA) is 91.2 Å². The fourth-order valence-electron chi connectivity index (χ4n) is 2.83. The van der Waals surface area contributed by atoms with Crippen LogP contribution in [-0.4, -0.2) is 18.6 Å². The highest BCUT2D eigenvalue weighted by Crippen LogP contribution is 2.32. The molecule has 6 nitrogen and oxygen atoms in total. The molecule has 0 saturated carbocycles. The average molecular weight is 347 g/mol. The molecule has 3 rings (SSSR count). The Morgan fingerprint density at radius 2 is 1.85 bits per heavy atom. The minimum Gasteiger partial charge on any atom is -0.463 e. The molecule has 0 radical (unpaired) electrons. The highest BCUT2D eigenvalue weighted by molar-refractivity contribution is 6.04. The number of benzene rings is 2. The van der Waals surface area contributed by atoms with Gasteiger partial charge < -0.3 is 15.4 Å². The second-order valence-electron chi connectivity index (χ2n) is 5.64. The van der Waals surface area contributed by atoms with Gasteiger partial charge in [-0.3, -0.25) is 0 Å². The third kappa shape index (κ3) is 3.42. The van der Waals surface area contributed by atoms with Crippen molar-refractivity contribution in [3.05, 3.63) is 76.9 Å². The average Bonchev–Trinajstić information content (AvgIpc) is 2.68. The molecule has 2 amide bonds.